The molecule has 0 aliphatic carbocycles. The summed E-state index contributed by atoms with van der Waals surface area (Å²) in [5, 5.41) is 5.18. The van der Waals surface area contributed by atoms with Crippen molar-refractivity contribution in [3.8, 4) is 0 Å². The van der Waals surface area contributed by atoms with E-state index in [0.717, 1.165) is 26.2 Å². The topological polar surface area (TPSA) is 54.5 Å². The Bertz CT molecular complexity index is 677. The molecule has 0 aromatic carbocycles. The first-order chi connectivity index (χ1) is 11.8. The van der Waals surface area contributed by atoms with Crippen molar-refractivity contribution in [3.63, 3.8) is 0 Å². The third-order valence-corrected chi connectivity index (χ3v) is 5.80. The summed E-state index contributed by atoms with van der Waals surface area (Å²) in [5.41, 5.74) is 0.659. The maximum Gasteiger partial charge on any atom is 0.251 e. The first-order valence-corrected chi connectivity index (χ1v) is 9.22. The summed E-state index contributed by atoms with van der Waals surface area (Å²) in [4.78, 5) is 20.0. The molecule has 4 rings (SSSR count). The van der Waals surface area contributed by atoms with Crippen molar-refractivity contribution in [1.29, 1.82) is 0 Å². The molecule has 2 fully saturated rings. The van der Waals surface area contributed by atoms with Gasteiger partial charge in [-0.05, 0) is 23.6 Å². The quantitative estimate of drug-likeness (QED) is 0.902. The van der Waals surface area contributed by atoms with Gasteiger partial charge in [0.25, 0.3) is 5.91 Å². The molecule has 2 aliphatic rings. The first kappa shape index (κ1) is 15.7. The minimum Gasteiger partial charge on any atom is -0.376 e. The van der Waals surface area contributed by atoms with Crippen LogP contribution < -0.4 is 5.32 Å². The highest BCUT2D eigenvalue weighted by Gasteiger charge is 2.43. The molecule has 2 saturated heterocycles. The molecule has 1 amide bonds. The van der Waals surface area contributed by atoms with Gasteiger partial charge in [-0.3, -0.25) is 14.7 Å². The summed E-state index contributed by atoms with van der Waals surface area (Å²) in [6.45, 7) is 4.48. The van der Waals surface area contributed by atoms with E-state index in [1.807, 2.05) is 0 Å². The average molecular weight is 343 g/mol. The zero-order valence-electron chi connectivity index (χ0n) is 13.4. The predicted octanol–water partition coefficient (Wildman–Crippen LogP) is 2.02. The molecular weight excluding hydrogens is 322 g/mol. The molecule has 2 aliphatic heterocycles. The van der Waals surface area contributed by atoms with Crippen LogP contribution in [-0.2, 0) is 11.3 Å². The zero-order valence-corrected chi connectivity index (χ0v) is 14.2. The fraction of sp³-hybridized carbons (Fsp3) is 0.444. The minimum atomic E-state index is -0.0331. The lowest BCUT2D eigenvalue weighted by molar-refractivity contribution is 0.0904. The van der Waals surface area contributed by atoms with Gasteiger partial charge >= 0.3 is 0 Å². The second-order valence-corrected chi connectivity index (χ2v) is 7.55. The van der Waals surface area contributed by atoms with Crippen LogP contribution >= 0.6 is 11.3 Å². The molecule has 4 heterocycles. The molecule has 0 unspecified atom stereocenters. The van der Waals surface area contributed by atoms with Crippen LogP contribution in [0.5, 0.6) is 0 Å². The van der Waals surface area contributed by atoms with E-state index >= 15 is 0 Å². The highest BCUT2D eigenvalue weighted by atomic mass is 32.1. The summed E-state index contributed by atoms with van der Waals surface area (Å²) in [7, 11) is 0. The summed E-state index contributed by atoms with van der Waals surface area (Å²) in [6, 6.07) is 7.76. The number of carbonyl (C=O) groups excluding carboxylic acids is 1. The third-order valence-electron chi connectivity index (χ3n) is 4.94. The van der Waals surface area contributed by atoms with Crippen molar-refractivity contribution >= 4 is 17.2 Å². The highest BCUT2D eigenvalue weighted by molar-refractivity contribution is 7.09. The number of carbonyl (C=O) groups is 1. The normalized spacial score (nSPS) is 26.4. The van der Waals surface area contributed by atoms with Crippen LogP contribution in [0.4, 0.5) is 0 Å². The Hall–Kier alpha value is -1.76. The number of pyridine rings is 1. The molecular formula is C18H21N3O2S. The van der Waals surface area contributed by atoms with Crippen LogP contribution in [0.2, 0.25) is 0 Å². The Morgan fingerprint density at radius 1 is 1.33 bits per heavy atom. The molecule has 6 heteroatoms. The average Bonchev–Trinajstić information content (AvgIpc) is 3.32. The molecule has 0 bridgehead atoms. The molecule has 3 atom stereocenters. The van der Waals surface area contributed by atoms with E-state index in [1.54, 1.807) is 35.9 Å². The monoisotopic (exact) mass is 343 g/mol. The highest BCUT2D eigenvalue weighted by Crippen LogP contribution is 2.34. The molecule has 0 saturated carbocycles. The van der Waals surface area contributed by atoms with Gasteiger partial charge in [0.2, 0.25) is 0 Å². The van der Waals surface area contributed by atoms with Crippen molar-refractivity contribution in [2.24, 2.45) is 11.8 Å². The third kappa shape index (κ3) is 3.36. The fourth-order valence-electron chi connectivity index (χ4n) is 3.67. The van der Waals surface area contributed by atoms with E-state index in [-0.39, 0.29) is 5.91 Å². The lowest BCUT2D eigenvalue weighted by Crippen LogP contribution is -2.34. The SMILES string of the molecule is O=C(NC[C@@H]1CO[C@H]2CN(Cc3cccs3)C[C@@H]12)c1ccncc1. The summed E-state index contributed by atoms with van der Waals surface area (Å²) < 4.78 is 5.98. The van der Waals surface area contributed by atoms with E-state index in [0.29, 0.717) is 30.0 Å². The van der Waals surface area contributed by atoms with E-state index in [9.17, 15) is 4.79 Å². The number of amides is 1. The standard InChI is InChI=1S/C18H21N3O2S/c22-18(13-3-5-19-6-4-13)20-8-14-12-23-17-11-21(10-16(14)17)9-15-2-1-7-24-15/h1-7,14,16-17H,8-12H2,(H,20,22)/t14-,16+,17+/m1/s1. The van der Waals surface area contributed by atoms with Gasteiger partial charge in [0.15, 0.2) is 0 Å². The number of hydrogen-bond acceptors (Lipinski definition) is 5. The molecule has 1 N–H and O–H groups in total. The summed E-state index contributed by atoms with van der Waals surface area (Å²) in [6.07, 6.45) is 3.60. The van der Waals surface area contributed by atoms with Gasteiger partial charge in [-0.25, -0.2) is 0 Å². The van der Waals surface area contributed by atoms with Gasteiger partial charge in [0.05, 0.1) is 12.7 Å². The van der Waals surface area contributed by atoms with Gasteiger partial charge < -0.3 is 10.1 Å². The molecule has 5 nitrogen and oxygen atoms in total. The Kier molecular flexibility index (Phi) is 4.60. The number of rotatable bonds is 5. The summed E-state index contributed by atoms with van der Waals surface area (Å²) in [5.74, 6) is 0.881. The second-order valence-electron chi connectivity index (χ2n) is 6.52. The molecule has 126 valence electrons. The van der Waals surface area contributed by atoms with Crippen LogP contribution in [0.15, 0.2) is 42.0 Å². The van der Waals surface area contributed by atoms with Crippen molar-refractivity contribution in [2.75, 3.05) is 26.2 Å². The zero-order chi connectivity index (χ0) is 16.4. The van der Waals surface area contributed by atoms with Crippen molar-refractivity contribution in [2.45, 2.75) is 12.6 Å². The molecule has 2 aromatic heterocycles. The molecule has 0 spiro atoms. The predicted molar refractivity (Wildman–Crippen MR) is 92.9 cm³/mol. The largest absolute Gasteiger partial charge is 0.376 e. The molecule has 0 radical (unpaired) electrons. The number of thiophene rings is 1. The van der Waals surface area contributed by atoms with E-state index < -0.39 is 0 Å². The smallest absolute Gasteiger partial charge is 0.251 e. The van der Waals surface area contributed by atoms with Gasteiger partial charge in [0.1, 0.15) is 0 Å². The number of aromatic nitrogens is 1. The van der Waals surface area contributed by atoms with Crippen molar-refractivity contribution in [3.05, 3.63) is 52.5 Å². The number of fused-ring (bicyclic) bond motifs is 1. The van der Waals surface area contributed by atoms with E-state index in [4.69, 9.17) is 4.74 Å². The fourth-order valence-corrected chi connectivity index (χ4v) is 4.42. The number of likely N-dealkylation sites (tertiary alicyclic amines) is 1. The lowest BCUT2D eigenvalue weighted by Gasteiger charge is -2.19. The second kappa shape index (κ2) is 7.01. The minimum absolute atomic E-state index is 0.0331. The Morgan fingerprint density at radius 2 is 2.21 bits per heavy atom. The molecule has 24 heavy (non-hydrogen) atoms. The van der Waals surface area contributed by atoms with Crippen molar-refractivity contribution in [1.82, 2.24) is 15.2 Å². The maximum absolute atomic E-state index is 12.2. The van der Waals surface area contributed by atoms with Gasteiger partial charge in [0, 0.05) is 60.8 Å². The Labute approximate surface area is 145 Å². The van der Waals surface area contributed by atoms with Crippen LogP contribution in [0.25, 0.3) is 0 Å². The van der Waals surface area contributed by atoms with Crippen LogP contribution in [0.1, 0.15) is 15.2 Å². The van der Waals surface area contributed by atoms with Crippen LogP contribution in [0, 0.1) is 11.8 Å². The first-order valence-electron chi connectivity index (χ1n) is 8.34. The van der Waals surface area contributed by atoms with Gasteiger partial charge in [-0.1, -0.05) is 6.07 Å². The summed E-state index contributed by atoms with van der Waals surface area (Å²) >= 11 is 1.81. The number of hydrogen-bond donors (Lipinski definition) is 1. The number of nitrogens with zero attached hydrogens (tertiary/aromatic N) is 2. The van der Waals surface area contributed by atoms with E-state index in [1.165, 1.54) is 4.88 Å². The van der Waals surface area contributed by atoms with Crippen molar-refractivity contribution < 1.29 is 9.53 Å². The van der Waals surface area contributed by atoms with Gasteiger partial charge in [-0.15, -0.1) is 11.3 Å². The van der Waals surface area contributed by atoms with Crippen LogP contribution in [-0.4, -0.2) is 48.1 Å². The van der Waals surface area contributed by atoms with Crippen LogP contribution in [0.3, 0.4) is 0 Å². The Balaban J connectivity index is 1.30. The number of ether oxygens (including phenoxy) is 1. The van der Waals surface area contributed by atoms with Gasteiger partial charge in [-0.2, -0.15) is 0 Å². The van der Waals surface area contributed by atoms with E-state index in [2.05, 4.69) is 32.7 Å². The lowest BCUT2D eigenvalue weighted by atomic mass is 9.93. The maximum atomic E-state index is 12.2. The number of nitrogens with one attached hydrogen (secondary N) is 1. The Morgan fingerprint density at radius 3 is 3.00 bits per heavy atom. The molecule has 2 aromatic rings.